The molecule has 2 saturated heterocycles. The van der Waals surface area contributed by atoms with Crippen molar-refractivity contribution in [2.24, 2.45) is 11.8 Å². The van der Waals surface area contributed by atoms with Gasteiger partial charge in [0.1, 0.15) is 0 Å². The Balaban J connectivity index is 1.65. The van der Waals surface area contributed by atoms with Crippen LogP contribution in [0.4, 0.5) is 0 Å². The van der Waals surface area contributed by atoms with Gasteiger partial charge in [-0.15, -0.1) is 0 Å². The number of nitrogens with zero attached hydrogens (tertiary/aromatic N) is 1. The first kappa shape index (κ1) is 12.8. The molecule has 17 heavy (non-hydrogen) atoms. The van der Waals surface area contributed by atoms with Crippen LogP contribution in [0.5, 0.6) is 0 Å². The zero-order valence-electron chi connectivity index (χ0n) is 10.9. The largest absolute Gasteiger partial charge is 0.355 e. The molecule has 2 atom stereocenters. The van der Waals surface area contributed by atoms with Gasteiger partial charge in [0.2, 0.25) is 5.91 Å². The molecule has 0 aliphatic carbocycles. The molecule has 2 rings (SSSR count). The van der Waals surface area contributed by atoms with Crippen LogP contribution in [0.15, 0.2) is 0 Å². The van der Waals surface area contributed by atoms with Crippen molar-refractivity contribution in [2.45, 2.75) is 26.2 Å². The van der Waals surface area contributed by atoms with E-state index in [0.29, 0.717) is 5.92 Å². The monoisotopic (exact) mass is 239 g/mol. The molecule has 2 fully saturated rings. The Kier molecular flexibility index (Phi) is 4.80. The number of piperidine rings is 1. The highest BCUT2D eigenvalue weighted by Crippen LogP contribution is 2.15. The van der Waals surface area contributed by atoms with Gasteiger partial charge in [-0.25, -0.2) is 0 Å². The lowest BCUT2D eigenvalue weighted by molar-refractivity contribution is -0.125. The SMILES string of the molecule is CCN1CCC(CNC(=O)[C@H]2CCCNC2)C1. The van der Waals surface area contributed by atoms with Crippen LogP contribution in [0.25, 0.3) is 0 Å². The van der Waals surface area contributed by atoms with E-state index in [-0.39, 0.29) is 11.8 Å². The van der Waals surface area contributed by atoms with Crippen LogP contribution in [-0.4, -0.2) is 50.1 Å². The van der Waals surface area contributed by atoms with Crippen LogP contribution in [0, 0.1) is 11.8 Å². The minimum Gasteiger partial charge on any atom is -0.355 e. The molecule has 4 heteroatoms. The van der Waals surface area contributed by atoms with Gasteiger partial charge in [0, 0.05) is 19.6 Å². The maximum atomic E-state index is 11.9. The first-order valence-corrected chi connectivity index (χ1v) is 7.00. The summed E-state index contributed by atoms with van der Waals surface area (Å²) >= 11 is 0. The third kappa shape index (κ3) is 3.68. The topological polar surface area (TPSA) is 44.4 Å². The van der Waals surface area contributed by atoms with Gasteiger partial charge < -0.3 is 15.5 Å². The lowest BCUT2D eigenvalue weighted by Gasteiger charge is -2.22. The van der Waals surface area contributed by atoms with Crippen molar-refractivity contribution in [2.75, 3.05) is 39.3 Å². The van der Waals surface area contributed by atoms with Crippen LogP contribution in [0.1, 0.15) is 26.2 Å². The predicted molar refractivity (Wildman–Crippen MR) is 68.8 cm³/mol. The maximum absolute atomic E-state index is 11.9. The van der Waals surface area contributed by atoms with E-state index in [2.05, 4.69) is 22.5 Å². The Morgan fingerprint density at radius 1 is 1.47 bits per heavy atom. The molecule has 98 valence electrons. The molecular weight excluding hydrogens is 214 g/mol. The second kappa shape index (κ2) is 6.36. The van der Waals surface area contributed by atoms with E-state index in [9.17, 15) is 4.79 Å². The summed E-state index contributed by atoms with van der Waals surface area (Å²) in [6.45, 7) is 8.48. The standard InChI is InChI=1S/C13H25N3O/c1-2-16-7-5-11(10-16)8-15-13(17)12-4-3-6-14-9-12/h11-12,14H,2-10H2,1H3,(H,15,17)/t11?,12-/m0/s1. The van der Waals surface area contributed by atoms with Gasteiger partial charge in [-0.3, -0.25) is 4.79 Å². The molecule has 0 saturated carbocycles. The molecule has 1 unspecified atom stereocenters. The van der Waals surface area contributed by atoms with Crippen molar-refractivity contribution in [1.29, 1.82) is 0 Å². The minimum absolute atomic E-state index is 0.201. The van der Waals surface area contributed by atoms with Gasteiger partial charge >= 0.3 is 0 Å². The van der Waals surface area contributed by atoms with Crippen LogP contribution < -0.4 is 10.6 Å². The number of hydrogen-bond donors (Lipinski definition) is 2. The van der Waals surface area contributed by atoms with Crippen LogP contribution >= 0.6 is 0 Å². The average molecular weight is 239 g/mol. The third-order valence-corrected chi connectivity index (χ3v) is 4.05. The van der Waals surface area contributed by atoms with Gasteiger partial charge in [-0.1, -0.05) is 6.92 Å². The lowest BCUT2D eigenvalue weighted by Crippen LogP contribution is -2.42. The van der Waals surface area contributed by atoms with E-state index in [0.717, 1.165) is 45.6 Å². The number of amides is 1. The van der Waals surface area contributed by atoms with Crippen molar-refractivity contribution >= 4 is 5.91 Å². The summed E-state index contributed by atoms with van der Waals surface area (Å²) in [5, 5.41) is 6.42. The predicted octanol–water partition coefficient (Wildman–Crippen LogP) is 0.444. The number of hydrogen-bond acceptors (Lipinski definition) is 3. The third-order valence-electron chi connectivity index (χ3n) is 4.05. The number of rotatable bonds is 4. The van der Waals surface area contributed by atoms with Gasteiger partial charge in [0.15, 0.2) is 0 Å². The van der Waals surface area contributed by atoms with Crippen LogP contribution in [-0.2, 0) is 4.79 Å². The van der Waals surface area contributed by atoms with Gasteiger partial charge in [-0.05, 0) is 44.8 Å². The first-order chi connectivity index (χ1) is 8.29. The fourth-order valence-electron chi connectivity index (χ4n) is 2.83. The fourth-order valence-corrected chi connectivity index (χ4v) is 2.83. The van der Waals surface area contributed by atoms with Crippen LogP contribution in [0.3, 0.4) is 0 Å². The van der Waals surface area contributed by atoms with E-state index >= 15 is 0 Å². The van der Waals surface area contributed by atoms with Crippen molar-refractivity contribution < 1.29 is 4.79 Å². The number of likely N-dealkylation sites (tertiary alicyclic amines) is 1. The highest BCUT2D eigenvalue weighted by atomic mass is 16.1. The van der Waals surface area contributed by atoms with E-state index in [1.165, 1.54) is 13.0 Å². The van der Waals surface area contributed by atoms with Gasteiger partial charge in [0.05, 0.1) is 5.92 Å². The first-order valence-electron chi connectivity index (χ1n) is 7.00. The molecule has 0 aromatic heterocycles. The summed E-state index contributed by atoms with van der Waals surface area (Å²) < 4.78 is 0. The summed E-state index contributed by atoms with van der Waals surface area (Å²) in [5.74, 6) is 1.12. The molecule has 1 amide bonds. The molecule has 2 N–H and O–H groups in total. The van der Waals surface area contributed by atoms with E-state index in [1.54, 1.807) is 0 Å². The van der Waals surface area contributed by atoms with Crippen molar-refractivity contribution in [3.05, 3.63) is 0 Å². The average Bonchev–Trinajstić information content (AvgIpc) is 2.85. The summed E-state index contributed by atoms with van der Waals surface area (Å²) in [6, 6.07) is 0. The van der Waals surface area contributed by atoms with E-state index in [1.807, 2.05) is 0 Å². The Morgan fingerprint density at radius 3 is 3.00 bits per heavy atom. The summed E-state index contributed by atoms with van der Waals surface area (Å²) in [7, 11) is 0. The maximum Gasteiger partial charge on any atom is 0.224 e. The smallest absolute Gasteiger partial charge is 0.224 e. The molecule has 0 aromatic carbocycles. The number of nitrogens with one attached hydrogen (secondary N) is 2. The molecule has 2 heterocycles. The summed E-state index contributed by atoms with van der Waals surface area (Å²) in [4.78, 5) is 14.4. The zero-order valence-corrected chi connectivity index (χ0v) is 10.9. The van der Waals surface area contributed by atoms with E-state index in [4.69, 9.17) is 0 Å². The Labute approximate surface area is 104 Å². The van der Waals surface area contributed by atoms with Gasteiger partial charge in [0.25, 0.3) is 0 Å². The lowest BCUT2D eigenvalue weighted by atomic mass is 9.98. The Hall–Kier alpha value is -0.610. The molecule has 0 aromatic rings. The van der Waals surface area contributed by atoms with Crippen molar-refractivity contribution in [3.8, 4) is 0 Å². The van der Waals surface area contributed by atoms with Gasteiger partial charge in [-0.2, -0.15) is 0 Å². The molecule has 0 spiro atoms. The quantitative estimate of drug-likeness (QED) is 0.748. The summed E-state index contributed by atoms with van der Waals surface area (Å²) in [6.07, 6.45) is 3.41. The van der Waals surface area contributed by atoms with E-state index < -0.39 is 0 Å². The summed E-state index contributed by atoms with van der Waals surface area (Å²) in [5.41, 5.74) is 0. The fraction of sp³-hybridized carbons (Fsp3) is 0.923. The number of carbonyl (C=O) groups is 1. The molecular formula is C13H25N3O. The number of carbonyl (C=O) groups excluding carboxylic acids is 1. The Bertz CT molecular complexity index is 251. The normalized spacial score (nSPS) is 30.4. The minimum atomic E-state index is 0.201. The molecule has 2 aliphatic heterocycles. The molecule has 4 nitrogen and oxygen atoms in total. The molecule has 0 bridgehead atoms. The Morgan fingerprint density at radius 2 is 2.35 bits per heavy atom. The highest BCUT2D eigenvalue weighted by molar-refractivity contribution is 5.78. The van der Waals surface area contributed by atoms with Crippen LogP contribution in [0.2, 0.25) is 0 Å². The second-order valence-electron chi connectivity index (χ2n) is 5.34. The van der Waals surface area contributed by atoms with Crippen molar-refractivity contribution in [3.63, 3.8) is 0 Å². The molecule has 0 radical (unpaired) electrons. The van der Waals surface area contributed by atoms with Crippen molar-refractivity contribution in [1.82, 2.24) is 15.5 Å². The molecule has 2 aliphatic rings. The second-order valence-corrected chi connectivity index (χ2v) is 5.34. The zero-order chi connectivity index (χ0) is 12.1. The highest BCUT2D eigenvalue weighted by Gasteiger charge is 2.24.